The van der Waals surface area contributed by atoms with Crippen LogP contribution in [0.15, 0.2) is 23.4 Å². The van der Waals surface area contributed by atoms with Crippen LogP contribution in [0, 0.1) is 13.8 Å². The molecule has 0 bridgehead atoms. The van der Waals surface area contributed by atoms with E-state index in [0.717, 1.165) is 17.0 Å². The van der Waals surface area contributed by atoms with E-state index in [1.807, 2.05) is 20.1 Å². The van der Waals surface area contributed by atoms with E-state index in [0.29, 0.717) is 22.4 Å². The third-order valence-corrected chi connectivity index (χ3v) is 5.27. The molecule has 0 aliphatic heterocycles. The fourth-order valence-corrected chi connectivity index (χ4v) is 3.27. The van der Waals surface area contributed by atoms with E-state index in [2.05, 4.69) is 15.1 Å². The van der Waals surface area contributed by atoms with Crippen molar-refractivity contribution in [2.45, 2.75) is 31.8 Å². The number of hydrogen-bond acceptors (Lipinski definition) is 6. The number of carbonyl (C=O) groups is 1. The third-order valence-electron chi connectivity index (χ3n) is 3.93. The van der Waals surface area contributed by atoms with Gasteiger partial charge in [0.1, 0.15) is 5.02 Å². The van der Waals surface area contributed by atoms with E-state index >= 15 is 0 Å². The number of esters is 1. The van der Waals surface area contributed by atoms with Gasteiger partial charge in [0, 0.05) is 11.4 Å². The minimum absolute atomic E-state index is 0.182. The van der Waals surface area contributed by atoms with Gasteiger partial charge in [0.05, 0.1) is 11.4 Å². The molecule has 0 unspecified atom stereocenters. The lowest BCUT2D eigenvalue weighted by molar-refractivity contribution is -0.134. The van der Waals surface area contributed by atoms with Crippen LogP contribution in [-0.2, 0) is 11.2 Å². The summed E-state index contributed by atoms with van der Waals surface area (Å²) in [6.07, 6.45) is 2.57. The average Bonchev–Trinajstić information content (AvgIpc) is 3.02. The first-order chi connectivity index (χ1) is 12.4. The third kappa shape index (κ3) is 3.79. The van der Waals surface area contributed by atoms with Crippen LogP contribution in [0.4, 0.5) is 0 Å². The smallest absolute Gasteiger partial charge is 0.311 e. The second kappa shape index (κ2) is 7.82. The Kier molecular flexibility index (Phi) is 5.70. The van der Waals surface area contributed by atoms with Gasteiger partial charge in [0.2, 0.25) is 5.16 Å². The molecule has 0 fully saturated rings. The summed E-state index contributed by atoms with van der Waals surface area (Å²) < 4.78 is 7.02. The molecule has 9 heteroatoms. The maximum atomic E-state index is 12.2. The van der Waals surface area contributed by atoms with Gasteiger partial charge in [-0.2, -0.15) is 4.98 Å². The van der Waals surface area contributed by atoms with Gasteiger partial charge in [-0.25, -0.2) is 9.50 Å². The minimum Gasteiger partial charge on any atom is -0.425 e. The van der Waals surface area contributed by atoms with Crippen LogP contribution in [0.5, 0.6) is 5.75 Å². The second-order valence-corrected chi connectivity index (χ2v) is 7.16. The maximum Gasteiger partial charge on any atom is 0.311 e. The number of fused-ring (bicyclic) bond motifs is 1. The van der Waals surface area contributed by atoms with Gasteiger partial charge in [-0.3, -0.25) is 4.79 Å². The topological polar surface area (TPSA) is 69.4 Å². The predicted molar refractivity (Wildman–Crippen MR) is 102 cm³/mol. The normalized spacial score (nSPS) is 11.1. The molecule has 2 aromatic heterocycles. The number of halogens is 2. The van der Waals surface area contributed by atoms with Crippen molar-refractivity contribution in [3.8, 4) is 5.75 Å². The number of aromatic nitrogens is 4. The second-order valence-electron chi connectivity index (χ2n) is 5.60. The van der Waals surface area contributed by atoms with Crippen LogP contribution in [0.25, 0.3) is 5.78 Å². The van der Waals surface area contributed by atoms with Crippen molar-refractivity contribution in [2.24, 2.45) is 0 Å². The molecule has 0 spiro atoms. The van der Waals surface area contributed by atoms with Crippen molar-refractivity contribution >= 4 is 46.7 Å². The Bertz CT molecular complexity index is 991. The van der Waals surface area contributed by atoms with Crippen LogP contribution in [0.3, 0.4) is 0 Å². The summed E-state index contributed by atoms with van der Waals surface area (Å²) in [4.78, 5) is 21.0. The fraction of sp³-hybridized carbons (Fsp3) is 0.294. The Morgan fingerprint density at radius 3 is 2.77 bits per heavy atom. The van der Waals surface area contributed by atoms with Crippen LogP contribution in [-0.4, -0.2) is 31.8 Å². The Morgan fingerprint density at radius 1 is 1.27 bits per heavy atom. The van der Waals surface area contributed by atoms with E-state index in [-0.39, 0.29) is 17.2 Å². The summed E-state index contributed by atoms with van der Waals surface area (Å²) in [6.45, 7) is 3.84. The van der Waals surface area contributed by atoms with Crippen molar-refractivity contribution in [1.29, 1.82) is 0 Å². The van der Waals surface area contributed by atoms with Gasteiger partial charge in [0.25, 0.3) is 5.78 Å². The fourth-order valence-electron chi connectivity index (χ4n) is 2.60. The summed E-state index contributed by atoms with van der Waals surface area (Å²) in [5, 5.41) is 5.63. The highest BCUT2D eigenvalue weighted by Crippen LogP contribution is 2.31. The van der Waals surface area contributed by atoms with E-state index in [1.165, 1.54) is 11.8 Å². The molecule has 0 N–H and O–H groups in total. The van der Waals surface area contributed by atoms with Crippen molar-refractivity contribution in [2.75, 3.05) is 6.26 Å². The molecule has 2 heterocycles. The molecule has 26 heavy (non-hydrogen) atoms. The molecule has 0 aliphatic carbocycles. The number of hydrogen-bond donors (Lipinski definition) is 0. The monoisotopic (exact) mass is 410 g/mol. The van der Waals surface area contributed by atoms with Crippen molar-refractivity contribution in [1.82, 2.24) is 19.6 Å². The Morgan fingerprint density at radius 2 is 2.04 bits per heavy atom. The van der Waals surface area contributed by atoms with Crippen molar-refractivity contribution in [3.05, 3.63) is 45.2 Å². The molecule has 3 rings (SSSR count). The minimum atomic E-state index is -0.392. The SMILES string of the molecule is CSc1nc2nc(C)c(CCC(=O)Oc3cccc(Cl)c3Cl)c(C)n2n1. The molecule has 1 aromatic carbocycles. The summed E-state index contributed by atoms with van der Waals surface area (Å²) in [7, 11) is 0. The van der Waals surface area contributed by atoms with Gasteiger partial charge in [-0.15, -0.1) is 5.10 Å². The number of ether oxygens (including phenoxy) is 1. The van der Waals surface area contributed by atoms with Crippen LogP contribution < -0.4 is 4.74 Å². The highest BCUT2D eigenvalue weighted by Gasteiger charge is 2.16. The van der Waals surface area contributed by atoms with Crippen LogP contribution in [0.2, 0.25) is 10.0 Å². The lowest BCUT2D eigenvalue weighted by Crippen LogP contribution is -2.12. The molecule has 0 saturated heterocycles. The number of carbonyl (C=O) groups excluding carboxylic acids is 1. The first kappa shape index (κ1) is 18.9. The van der Waals surface area contributed by atoms with E-state index < -0.39 is 5.97 Å². The molecule has 3 aromatic rings. The zero-order chi connectivity index (χ0) is 18.8. The first-order valence-corrected chi connectivity index (χ1v) is 9.80. The average molecular weight is 411 g/mol. The Balaban J connectivity index is 1.76. The summed E-state index contributed by atoms with van der Waals surface area (Å²) >= 11 is 13.4. The van der Waals surface area contributed by atoms with Crippen molar-refractivity contribution in [3.63, 3.8) is 0 Å². The number of rotatable bonds is 5. The largest absolute Gasteiger partial charge is 0.425 e. The summed E-state index contributed by atoms with van der Waals surface area (Å²) in [6, 6.07) is 4.92. The van der Waals surface area contributed by atoms with E-state index in [9.17, 15) is 4.79 Å². The predicted octanol–water partition coefficient (Wildman–Crippen LogP) is 4.31. The highest BCUT2D eigenvalue weighted by atomic mass is 35.5. The quantitative estimate of drug-likeness (QED) is 0.354. The zero-order valence-electron chi connectivity index (χ0n) is 14.4. The summed E-state index contributed by atoms with van der Waals surface area (Å²) in [5.74, 6) is 0.421. The molecule has 0 saturated carbocycles. The lowest BCUT2D eigenvalue weighted by Gasteiger charge is -2.11. The van der Waals surface area contributed by atoms with E-state index in [1.54, 1.807) is 22.7 Å². The van der Waals surface area contributed by atoms with Crippen molar-refractivity contribution < 1.29 is 9.53 Å². The molecular formula is C17H16Cl2N4O2S. The Labute approximate surface area is 164 Å². The maximum absolute atomic E-state index is 12.2. The molecule has 6 nitrogen and oxygen atoms in total. The Hall–Kier alpha value is -1.83. The standard InChI is InChI=1S/C17H16Cl2N4O2S/c1-9-11(10(2)23-16(20-9)21-17(22-23)26-3)7-8-14(24)25-13-6-4-5-12(18)15(13)19/h4-6H,7-8H2,1-3H3. The number of thioether (sulfide) groups is 1. The summed E-state index contributed by atoms with van der Waals surface area (Å²) in [5.41, 5.74) is 2.68. The van der Waals surface area contributed by atoms with Gasteiger partial charge >= 0.3 is 5.97 Å². The van der Waals surface area contributed by atoms with Gasteiger partial charge in [-0.05, 0) is 44.2 Å². The van der Waals surface area contributed by atoms with Crippen LogP contribution in [0.1, 0.15) is 23.4 Å². The zero-order valence-corrected chi connectivity index (χ0v) is 16.7. The highest BCUT2D eigenvalue weighted by molar-refractivity contribution is 7.98. The van der Waals surface area contributed by atoms with E-state index in [4.69, 9.17) is 27.9 Å². The van der Waals surface area contributed by atoms with Gasteiger partial charge in [-0.1, -0.05) is 41.0 Å². The number of nitrogens with zero attached hydrogens (tertiary/aromatic N) is 4. The first-order valence-electron chi connectivity index (χ1n) is 7.82. The molecule has 0 atom stereocenters. The van der Waals surface area contributed by atoms with Gasteiger partial charge < -0.3 is 4.74 Å². The van der Waals surface area contributed by atoms with Crippen LogP contribution >= 0.6 is 35.0 Å². The lowest BCUT2D eigenvalue weighted by atomic mass is 10.1. The van der Waals surface area contributed by atoms with Gasteiger partial charge in [0.15, 0.2) is 5.75 Å². The number of aryl methyl sites for hydroxylation is 2. The molecular weight excluding hydrogens is 395 g/mol. The molecule has 0 aliphatic rings. The molecule has 0 radical (unpaired) electrons. The number of benzene rings is 1. The molecule has 0 amide bonds. The molecule has 136 valence electrons.